The molecule has 1 aliphatic heterocycles. The molecule has 0 fully saturated rings. The molecule has 1 unspecified atom stereocenters. The SMILES string of the molecule is Cc1nn(-c2ccccc2Cl)c2c1C(c1ccc(Cl)cc1)CC(=O)N2. The number of nitrogens with one attached hydrogen (secondary N) is 1. The second kappa shape index (κ2) is 6.21. The lowest BCUT2D eigenvalue weighted by atomic mass is 9.86. The molecule has 1 atom stereocenters. The fourth-order valence-corrected chi connectivity index (χ4v) is 3.67. The Labute approximate surface area is 155 Å². The van der Waals surface area contributed by atoms with Crippen molar-refractivity contribution in [3.05, 3.63) is 75.4 Å². The van der Waals surface area contributed by atoms with Crippen molar-refractivity contribution in [2.45, 2.75) is 19.3 Å². The van der Waals surface area contributed by atoms with Crippen LogP contribution in [0, 0.1) is 6.92 Å². The van der Waals surface area contributed by atoms with Gasteiger partial charge in [0.2, 0.25) is 5.91 Å². The average Bonchev–Trinajstić information content (AvgIpc) is 2.92. The first-order chi connectivity index (χ1) is 12.0. The van der Waals surface area contributed by atoms with Gasteiger partial charge in [0.25, 0.3) is 0 Å². The third-order valence-electron chi connectivity index (χ3n) is 4.46. The van der Waals surface area contributed by atoms with Crippen LogP contribution in [0.3, 0.4) is 0 Å². The fourth-order valence-electron chi connectivity index (χ4n) is 3.32. The molecule has 0 aliphatic carbocycles. The number of aryl methyl sites for hydroxylation is 1. The number of nitrogens with zero attached hydrogens (tertiary/aromatic N) is 2. The first kappa shape index (κ1) is 16.2. The van der Waals surface area contributed by atoms with Gasteiger partial charge in [-0.25, -0.2) is 4.68 Å². The van der Waals surface area contributed by atoms with Crippen molar-refractivity contribution in [2.75, 3.05) is 5.32 Å². The highest BCUT2D eigenvalue weighted by Crippen LogP contribution is 2.41. The van der Waals surface area contributed by atoms with E-state index in [1.165, 1.54) is 0 Å². The van der Waals surface area contributed by atoms with Crippen LogP contribution in [0.4, 0.5) is 5.82 Å². The lowest BCUT2D eigenvalue weighted by Gasteiger charge is -2.24. The van der Waals surface area contributed by atoms with Crippen LogP contribution in [-0.2, 0) is 4.79 Å². The third kappa shape index (κ3) is 2.81. The van der Waals surface area contributed by atoms with E-state index in [-0.39, 0.29) is 11.8 Å². The normalized spacial score (nSPS) is 16.4. The van der Waals surface area contributed by atoms with Gasteiger partial charge in [-0.2, -0.15) is 5.10 Å². The summed E-state index contributed by atoms with van der Waals surface area (Å²) in [7, 11) is 0. The minimum Gasteiger partial charge on any atom is -0.310 e. The number of anilines is 1. The molecule has 3 aromatic rings. The predicted octanol–water partition coefficient (Wildman–Crippen LogP) is 4.96. The molecular formula is C19H15Cl2N3O. The molecule has 1 aromatic heterocycles. The van der Waals surface area contributed by atoms with E-state index in [4.69, 9.17) is 23.2 Å². The van der Waals surface area contributed by atoms with Crippen LogP contribution in [0.5, 0.6) is 0 Å². The topological polar surface area (TPSA) is 46.9 Å². The van der Waals surface area contributed by atoms with E-state index in [0.717, 1.165) is 22.5 Å². The highest BCUT2D eigenvalue weighted by atomic mass is 35.5. The average molecular weight is 372 g/mol. The largest absolute Gasteiger partial charge is 0.310 e. The first-order valence-corrected chi connectivity index (χ1v) is 8.70. The highest BCUT2D eigenvalue weighted by Gasteiger charge is 2.32. The Bertz CT molecular complexity index is 963. The molecule has 6 heteroatoms. The van der Waals surface area contributed by atoms with Crippen molar-refractivity contribution in [1.82, 2.24) is 9.78 Å². The molecule has 0 saturated heterocycles. The second-order valence-electron chi connectivity index (χ2n) is 6.07. The molecule has 2 heterocycles. The number of fused-ring (bicyclic) bond motifs is 1. The van der Waals surface area contributed by atoms with Crippen LogP contribution >= 0.6 is 23.2 Å². The molecule has 4 rings (SSSR count). The van der Waals surface area contributed by atoms with Crippen LogP contribution < -0.4 is 5.32 Å². The summed E-state index contributed by atoms with van der Waals surface area (Å²) in [6, 6.07) is 15.1. The van der Waals surface area contributed by atoms with Gasteiger partial charge in [0.05, 0.1) is 16.4 Å². The maximum Gasteiger partial charge on any atom is 0.226 e. The van der Waals surface area contributed by atoms with Gasteiger partial charge in [0, 0.05) is 22.9 Å². The minimum atomic E-state index is -0.0581. The summed E-state index contributed by atoms with van der Waals surface area (Å²) < 4.78 is 1.72. The Kier molecular flexibility index (Phi) is 4.02. The Balaban J connectivity index is 1.89. The van der Waals surface area contributed by atoms with Crippen LogP contribution in [0.25, 0.3) is 5.69 Å². The number of carbonyl (C=O) groups is 1. The van der Waals surface area contributed by atoms with Gasteiger partial charge in [0.15, 0.2) is 0 Å². The number of aromatic nitrogens is 2. The Morgan fingerprint density at radius 2 is 1.84 bits per heavy atom. The van der Waals surface area contributed by atoms with Gasteiger partial charge < -0.3 is 5.32 Å². The number of amides is 1. The molecule has 0 saturated carbocycles. The molecule has 126 valence electrons. The summed E-state index contributed by atoms with van der Waals surface area (Å²) in [6.45, 7) is 1.95. The molecule has 0 bridgehead atoms. The number of hydrogen-bond donors (Lipinski definition) is 1. The highest BCUT2D eigenvalue weighted by molar-refractivity contribution is 6.32. The smallest absolute Gasteiger partial charge is 0.226 e. The third-order valence-corrected chi connectivity index (χ3v) is 5.03. The molecule has 1 N–H and O–H groups in total. The van der Waals surface area contributed by atoms with Gasteiger partial charge in [-0.05, 0) is 36.8 Å². The Hall–Kier alpha value is -2.30. The van der Waals surface area contributed by atoms with E-state index in [2.05, 4.69) is 10.4 Å². The van der Waals surface area contributed by atoms with Gasteiger partial charge in [0.1, 0.15) is 5.82 Å². The Morgan fingerprint density at radius 1 is 1.12 bits per heavy atom. The molecule has 0 radical (unpaired) electrons. The van der Waals surface area contributed by atoms with Crippen molar-refractivity contribution >= 4 is 34.9 Å². The number of halogens is 2. The molecule has 25 heavy (non-hydrogen) atoms. The zero-order valence-electron chi connectivity index (χ0n) is 13.5. The summed E-state index contributed by atoms with van der Waals surface area (Å²) in [6.07, 6.45) is 0.379. The summed E-state index contributed by atoms with van der Waals surface area (Å²) in [5.41, 5.74) is 3.67. The van der Waals surface area contributed by atoms with Crippen LogP contribution in [0.15, 0.2) is 48.5 Å². The molecule has 1 aliphatic rings. The number of rotatable bonds is 2. The number of para-hydroxylation sites is 1. The lowest BCUT2D eigenvalue weighted by Crippen LogP contribution is -2.25. The van der Waals surface area contributed by atoms with Gasteiger partial charge in [-0.15, -0.1) is 0 Å². The summed E-state index contributed by atoms with van der Waals surface area (Å²) in [5, 5.41) is 8.86. The molecule has 2 aromatic carbocycles. The predicted molar refractivity (Wildman–Crippen MR) is 99.9 cm³/mol. The van der Waals surface area contributed by atoms with Crippen LogP contribution in [0.1, 0.15) is 29.2 Å². The maximum atomic E-state index is 12.3. The van der Waals surface area contributed by atoms with Crippen molar-refractivity contribution in [3.8, 4) is 5.69 Å². The summed E-state index contributed by atoms with van der Waals surface area (Å²) >= 11 is 12.3. The number of hydrogen-bond acceptors (Lipinski definition) is 2. The van der Waals surface area contributed by atoms with E-state index in [9.17, 15) is 4.79 Å². The van der Waals surface area contributed by atoms with Crippen molar-refractivity contribution in [3.63, 3.8) is 0 Å². The second-order valence-corrected chi connectivity index (χ2v) is 6.91. The van der Waals surface area contributed by atoms with E-state index < -0.39 is 0 Å². The number of benzene rings is 2. The van der Waals surface area contributed by atoms with Gasteiger partial charge in [-0.1, -0.05) is 47.5 Å². The van der Waals surface area contributed by atoms with E-state index in [0.29, 0.717) is 22.3 Å². The van der Waals surface area contributed by atoms with Crippen LogP contribution in [0.2, 0.25) is 10.0 Å². The van der Waals surface area contributed by atoms with E-state index in [1.54, 1.807) is 4.68 Å². The van der Waals surface area contributed by atoms with Crippen LogP contribution in [-0.4, -0.2) is 15.7 Å². The zero-order chi connectivity index (χ0) is 17.6. The molecular weight excluding hydrogens is 357 g/mol. The minimum absolute atomic E-state index is 0.0411. The van der Waals surface area contributed by atoms with E-state index in [1.807, 2.05) is 55.5 Å². The van der Waals surface area contributed by atoms with Crippen molar-refractivity contribution < 1.29 is 4.79 Å². The quantitative estimate of drug-likeness (QED) is 0.691. The summed E-state index contributed by atoms with van der Waals surface area (Å²) in [5.74, 6) is 0.583. The van der Waals surface area contributed by atoms with Crippen molar-refractivity contribution in [2.24, 2.45) is 0 Å². The number of carbonyl (C=O) groups excluding carboxylic acids is 1. The monoisotopic (exact) mass is 371 g/mol. The molecule has 0 spiro atoms. The lowest BCUT2D eigenvalue weighted by molar-refractivity contribution is -0.116. The molecule has 4 nitrogen and oxygen atoms in total. The van der Waals surface area contributed by atoms with Crippen molar-refractivity contribution in [1.29, 1.82) is 0 Å². The standard InChI is InChI=1S/C19H15Cl2N3O/c1-11-18-14(12-6-8-13(20)9-7-12)10-17(25)22-19(18)24(23-11)16-5-3-2-4-15(16)21/h2-9,14H,10H2,1H3,(H,22,25). The Morgan fingerprint density at radius 3 is 2.56 bits per heavy atom. The van der Waals surface area contributed by atoms with Gasteiger partial charge >= 0.3 is 0 Å². The first-order valence-electron chi connectivity index (χ1n) is 7.94. The van der Waals surface area contributed by atoms with E-state index >= 15 is 0 Å². The van der Waals surface area contributed by atoms with Gasteiger partial charge in [-0.3, -0.25) is 4.79 Å². The molecule has 1 amide bonds. The summed E-state index contributed by atoms with van der Waals surface area (Å²) in [4.78, 5) is 12.3. The fraction of sp³-hybridized carbons (Fsp3) is 0.158. The maximum absolute atomic E-state index is 12.3. The zero-order valence-corrected chi connectivity index (χ0v) is 15.0.